The molecule has 0 bridgehead atoms. The molecule has 0 spiro atoms. The molecule has 96 valence electrons. The van der Waals surface area contributed by atoms with Crippen LogP contribution in [0.1, 0.15) is 18.5 Å². The molecule has 1 unspecified atom stereocenters. The molecule has 0 aromatic heterocycles. The second-order valence-electron chi connectivity index (χ2n) is 3.99. The summed E-state index contributed by atoms with van der Waals surface area (Å²) in [5, 5.41) is 8.88. The van der Waals surface area contributed by atoms with Gasteiger partial charge in [-0.05, 0) is 25.1 Å². The molecule has 1 aromatic carbocycles. The van der Waals surface area contributed by atoms with E-state index in [1.807, 2.05) is 6.92 Å². The van der Waals surface area contributed by atoms with Crippen molar-refractivity contribution in [1.82, 2.24) is 10.6 Å². The van der Waals surface area contributed by atoms with Crippen LogP contribution in [-0.4, -0.2) is 24.9 Å². The number of benzene rings is 1. The van der Waals surface area contributed by atoms with Crippen molar-refractivity contribution in [2.45, 2.75) is 13.0 Å². The van der Waals surface area contributed by atoms with Crippen LogP contribution in [-0.2, 0) is 9.59 Å². The van der Waals surface area contributed by atoms with Crippen molar-refractivity contribution in [2.24, 2.45) is 0 Å². The van der Waals surface area contributed by atoms with Crippen molar-refractivity contribution in [1.29, 1.82) is 0 Å². The van der Waals surface area contributed by atoms with E-state index in [0.717, 1.165) is 11.3 Å². The lowest BCUT2D eigenvalue weighted by molar-refractivity contribution is -0.121. The van der Waals surface area contributed by atoms with Crippen molar-refractivity contribution < 1.29 is 9.59 Å². The SMILES string of the molecule is CCNC(=O)CNC1C(=O)Nc2ccc(Cl)cc21. The average molecular weight is 268 g/mol. The first-order valence-electron chi connectivity index (χ1n) is 5.72. The molecule has 2 rings (SSSR count). The smallest absolute Gasteiger partial charge is 0.246 e. The number of rotatable bonds is 4. The maximum Gasteiger partial charge on any atom is 0.246 e. The first-order chi connectivity index (χ1) is 8.61. The van der Waals surface area contributed by atoms with E-state index in [0.29, 0.717) is 11.6 Å². The number of nitrogens with one attached hydrogen (secondary N) is 3. The zero-order valence-corrected chi connectivity index (χ0v) is 10.7. The number of fused-ring (bicyclic) bond motifs is 1. The van der Waals surface area contributed by atoms with Gasteiger partial charge in [-0.3, -0.25) is 14.9 Å². The van der Waals surface area contributed by atoms with E-state index in [4.69, 9.17) is 11.6 Å². The average Bonchev–Trinajstić information content (AvgIpc) is 2.62. The van der Waals surface area contributed by atoms with Crippen molar-refractivity contribution in [3.63, 3.8) is 0 Å². The van der Waals surface area contributed by atoms with Crippen molar-refractivity contribution in [3.05, 3.63) is 28.8 Å². The van der Waals surface area contributed by atoms with Gasteiger partial charge in [0.15, 0.2) is 0 Å². The zero-order valence-electron chi connectivity index (χ0n) is 9.92. The van der Waals surface area contributed by atoms with Crippen molar-refractivity contribution >= 4 is 29.1 Å². The summed E-state index contributed by atoms with van der Waals surface area (Å²) in [5.41, 5.74) is 1.51. The number of amides is 2. The summed E-state index contributed by atoms with van der Waals surface area (Å²) in [6, 6.07) is 4.67. The monoisotopic (exact) mass is 267 g/mol. The van der Waals surface area contributed by atoms with E-state index in [-0.39, 0.29) is 18.4 Å². The van der Waals surface area contributed by atoms with Crippen molar-refractivity contribution in [2.75, 3.05) is 18.4 Å². The Hall–Kier alpha value is -1.59. The second-order valence-corrected chi connectivity index (χ2v) is 4.42. The largest absolute Gasteiger partial charge is 0.355 e. The third-order valence-electron chi connectivity index (χ3n) is 2.69. The number of hydrogen-bond donors (Lipinski definition) is 3. The minimum atomic E-state index is -0.527. The second kappa shape index (κ2) is 5.37. The van der Waals surface area contributed by atoms with Gasteiger partial charge in [-0.25, -0.2) is 0 Å². The van der Waals surface area contributed by atoms with E-state index in [1.165, 1.54) is 0 Å². The molecule has 0 saturated carbocycles. The summed E-state index contributed by atoms with van der Waals surface area (Å²) in [6.07, 6.45) is 0. The molecule has 0 saturated heterocycles. The minimum Gasteiger partial charge on any atom is -0.355 e. The van der Waals surface area contributed by atoms with Gasteiger partial charge in [0.2, 0.25) is 11.8 Å². The molecule has 3 N–H and O–H groups in total. The van der Waals surface area contributed by atoms with Gasteiger partial charge in [0.1, 0.15) is 6.04 Å². The summed E-state index contributed by atoms with van der Waals surface area (Å²) in [4.78, 5) is 23.1. The normalized spacial score (nSPS) is 17.2. The topological polar surface area (TPSA) is 70.2 Å². The molecular formula is C12H14ClN3O2. The molecule has 1 aromatic rings. The molecule has 6 heteroatoms. The predicted octanol–water partition coefficient (Wildman–Crippen LogP) is 1.06. The first kappa shape index (κ1) is 12.9. The molecule has 1 heterocycles. The van der Waals surface area contributed by atoms with Gasteiger partial charge in [-0.2, -0.15) is 0 Å². The Morgan fingerprint density at radius 1 is 1.50 bits per heavy atom. The Labute approximate surface area is 110 Å². The molecule has 0 fully saturated rings. The molecule has 18 heavy (non-hydrogen) atoms. The fraction of sp³-hybridized carbons (Fsp3) is 0.333. The standard InChI is InChI=1S/C12H14ClN3O2/c1-2-14-10(17)6-15-11-8-5-7(13)3-4-9(8)16-12(11)18/h3-5,11,15H,2,6H2,1H3,(H,14,17)(H,16,18). The van der Waals surface area contributed by atoms with E-state index in [1.54, 1.807) is 18.2 Å². The van der Waals surface area contributed by atoms with E-state index in [2.05, 4.69) is 16.0 Å². The zero-order chi connectivity index (χ0) is 13.1. The summed E-state index contributed by atoms with van der Waals surface area (Å²) in [5.74, 6) is -0.308. The number of likely N-dealkylation sites (N-methyl/N-ethyl adjacent to an activating group) is 1. The number of hydrogen-bond acceptors (Lipinski definition) is 3. The summed E-state index contributed by atoms with van der Waals surface area (Å²) in [7, 11) is 0. The Morgan fingerprint density at radius 2 is 2.28 bits per heavy atom. The van der Waals surface area contributed by atoms with E-state index >= 15 is 0 Å². The lowest BCUT2D eigenvalue weighted by atomic mass is 10.1. The first-order valence-corrected chi connectivity index (χ1v) is 6.10. The van der Waals surface area contributed by atoms with Gasteiger partial charge < -0.3 is 10.6 Å². The van der Waals surface area contributed by atoms with Gasteiger partial charge >= 0.3 is 0 Å². The fourth-order valence-electron chi connectivity index (χ4n) is 1.89. The fourth-order valence-corrected chi connectivity index (χ4v) is 2.07. The minimum absolute atomic E-state index is 0.0951. The summed E-state index contributed by atoms with van der Waals surface area (Å²) >= 11 is 5.90. The van der Waals surface area contributed by atoms with Crippen LogP contribution in [0.5, 0.6) is 0 Å². The number of halogens is 1. The van der Waals surface area contributed by atoms with Crippen LogP contribution in [0.4, 0.5) is 5.69 Å². The van der Waals surface area contributed by atoms with Gasteiger partial charge in [0.25, 0.3) is 0 Å². The van der Waals surface area contributed by atoms with Crippen LogP contribution in [0, 0.1) is 0 Å². The molecule has 0 radical (unpaired) electrons. The quantitative estimate of drug-likeness (QED) is 0.764. The predicted molar refractivity (Wildman–Crippen MR) is 69.5 cm³/mol. The third kappa shape index (κ3) is 2.63. The van der Waals surface area contributed by atoms with Crippen LogP contribution >= 0.6 is 11.6 Å². The Bertz CT molecular complexity index is 490. The molecule has 1 atom stereocenters. The maximum atomic E-state index is 11.8. The van der Waals surface area contributed by atoms with Gasteiger partial charge in [-0.15, -0.1) is 0 Å². The highest BCUT2D eigenvalue weighted by molar-refractivity contribution is 6.31. The number of carbonyl (C=O) groups excluding carboxylic acids is 2. The molecule has 1 aliphatic heterocycles. The van der Waals surface area contributed by atoms with Crippen LogP contribution in [0.2, 0.25) is 5.02 Å². The molecule has 2 amide bonds. The lowest BCUT2D eigenvalue weighted by Gasteiger charge is -2.11. The summed E-state index contributed by atoms with van der Waals surface area (Å²) in [6.45, 7) is 2.51. The molecule has 0 aliphatic carbocycles. The number of carbonyl (C=O) groups is 2. The third-order valence-corrected chi connectivity index (χ3v) is 2.92. The Kier molecular flexibility index (Phi) is 3.84. The highest BCUT2D eigenvalue weighted by atomic mass is 35.5. The summed E-state index contributed by atoms with van der Waals surface area (Å²) < 4.78 is 0. The maximum absolute atomic E-state index is 11.8. The van der Waals surface area contributed by atoms with Gasteiger partial charge in [-0.1, -0.05) is 11.6 Å². The highest BCUT2D eigenvalue weighted by Crippen LogP contribution is 2.32. The van der Waals surface area contributed by atoms with Crippen LogP contribution in [0.15, 0.2) is 18.2 Å². The molecular weight excluding hydrogens is 254 g/mol. The van der Waals surface area contributed by atoms with Gasteiger partial charge in [0.05, 0.1) is 6.54 Å². The molecule has 5 nitrogen and oxygen atoms in total. The van der Waals surface area contributed by atoms with Crippen LogP contribution in [0.25, 0.3) is 0 Å². The van der Waals surface area contributed by atoms with E-state index < -0.39 is 6.04 Å². The van der Waals surface area contributed by atoms with Crippen molar-refractivity contribution in [3.8, 4) is 0 Å². The van der Waals surface area contributed by atoms with Crippen LogP contribution < -0.4 is 16.0 Å². The van der Waals surface area contributed by atoms with Gasteiger partial charge in [0, 0.05) is 22.8 Å². The number of anilines is 1. The Morgan fingerprint density at radius 3 is 3.00 bits per heavy atom. The van der Waals surface area contributed by atoms with E-state index in [9.17, 15) is 9.59 Å². The Balaban J connectivity index is 2.08. The van der Waals surface area contributed by atoms with Crippen LogP contribution in [0.3, 0.4) is 0 Å². The lowest BCUT2D eigenvalue weighted by Crippen LogP contribution is -2.37. The highest BCUT2D eigenvalue weighted by Gasteiger charge is 2.30. The molecule has 1 aliphatic rings.